The van der Waals surface area contributed by atoms with Crippen LogP contribution in [0.4, 0.5) is 4.79 Å². The van der Waals surface area contributed by atoms with Crippen LogP contribution in [0.1, 0.15) is 10.9 Å². The van der Waals surface area contributed by atoms with E-state index < -0.39 is 0 Å². The molecular weight excluding hydrogens is 284 g/mol. The Morgan fingerprint density at radius 2 is 2.37 bits per heavy atom. The lowest BCUT2D eigenvalue weighted by Gasteiger charge is -2.25. The molecule has 1 unspecified atom stereocenters. The van der Waals surface area contributed by atoms with Gasteiger partial charge in [0.15, 0.2) is 0 Å². The summed E-state index contributed by atoms with van der Waals surface area (Å²) in [6, 6.07) is 7.76. The maximum atomic E-state index is 11.9. The van der Waals surface area contributed by atoms with Gasteiger partial charge >= 0.3 is 6.03 Å². The molecule has 0 saturated carbocycles. The third kappa shape index (κ3) is 3.28. The zero-order valence-corrected chi connectivity index (χ0v) is 12.3. The molecule has 1 aliphatic rings. The number of alkyl halides is 1. The third-order valence-electron chi connectivity index (χ3n) is 2.89. The van der Waals surface area contributed by atoms with E-state index in [1.165, 1.54) is 0 Å². The Labute approximate surface area is 122 Å². The standard InChI is InChI=1S/C13H17ClN2O2S/c1-15-13(17)16-7-9-19-12(16)10-4-2-3-5-11(10)18-8-6-14/h2-5,12H,6-9H2,1H3,(H,15,17). The Balaban J connectivity index is 2.22. The highest BCUT2D eigenvalue weighted by molar-refractivity contribution is 7.99. The van der Waals surface area contributed by atoms with Gasteiger partial charge in [-0.2, -0.15) is 0 Å². The largest absolute Gasteiger partial charge is 0.492 e. The van der Waals surface area contributed by atoms with Gasteiger partial charge in [0, 0.05) is 24.9 Å². The smallest absolute Gasteiger partial charge is 0.318 e. The molecule has 4 nitrogen and oxygen atoms in total. The Morgan fingerprint density at radius 3 is 3.11 bits per heavy atom. The molecule has 0 aliphatic carbocycles. The predicted molar refractivity (Wildman–Crippen MR) is 79.0 cm³/mol. The van der Waals surface area contributed by atoms with Crippen LogP contribution in [0.15, 0.2) is 24.3 Å². The lowest BCUT2D eigenvalue weighted by molar-refractivity contribution is 0.201. The van der Waals surface area contributed by atoms with Crippen molar-refractivity contribution in [3.8, 4) is 5.75 Å². The van der Waals surface area contributed by atoms with E-state index >= 15 is 0 Å². The van der Waals surface area contributed by atoms with Crippen LogP contribution in [-0.4, -0.2) is 42.8 Å². The fourth-order valence-corrected chi connectivity index (χ4v) is 3.40. The monoisotopic (exact) mass is 300 g/mol. The molecule has 0 spiro atoms. The Morgan fingerprint density at radius 1 is 1.58 bits per heavy atom. The second-order valence-electron chi connectivity index (χ2n) is 4.05. The van der Waals surface area contributed by atoms with Gasteiger partial charge in [-0.05, 0) is 6.07 Å². The molecule has 1 aromatic rings. The van der Waals surface area contributed by atoms with Gasteiger partial charge in [0.1, 0.15) is 17.7 Å². The van der Waals surface area contributed by atoms with Crippen molar-refractivity contribution in [1.82, 2.24) is 10.2 Å². The number of nitrogens with zero attached hydrogens (tertiary/aromatic N) is 1. The first-order valence-corrected chi connectivity index (χ1v) is 7.74. The van der Waals surface area contributed by atoms with Crippen LogP contribution in [0, 0.1) is 0 Å². The molecular formula is C13H17ClN2O2S. The summed E-state index contributed by atoms with van der Waals surface area (Å²) in [7, 11) is 1.65. The number of carbonyl (C=O) groups excluding carboxylic acids is 1. The van der Waals surface area contributed by atoms with Crippen LogP contribution in [0.3, 0.4) is 0 Å². The van der Waals surface area contributed by atoms with Gasteiger partial charge in [0.25, 0.3) is 0 Å². The number of amides is 2. The van der Waals surface area contributed by atoms with Crippen LogP contribution >= 0.6 is 23.4 Å². The number of thioether (sulfide) groups is 1. The number of urea groups is 1. The minimum Gasteiger partial charge on any atom is -0.492 e. The van der Waals surface area contributed by atoms with E-state index in [2.05, 4.69) is 5.32 Å². The maximum absolute atomic E-state index is 11.9. The summed E-state index contributed by atoms with van der Waals surface area (Å²) in [5, 5.41) is 2.69. The Hall–Kier alpha value is -1.07. The molecule has 1 fully saturated rings. The SMILES string of the molecule is CNC(=O)N1CCSC1c1ccccc1OCCCl. The zero-order chi connectivity index (χ0) is 13.7. The molecule has 6 heteroatoms. The highest BCUT2D eigenvalue weighted by atomic mass is 35.5. The summed E-state index contributed by atoms with van der Waals surface area (Å²) in [4.78, 5) is 13.7. The van der Waals surface area contributed by atoms with Crippen molar-refractivity contribution >= 4 is 29.4 Å². The van der Waals surface area contributed by atoms with Crippen LogP contribution < -0.4 is 10.1 Å². The molecule has 1 aromatic carbocycles. The molecule has 1 aliphatic heterocycles. The fourth-order valence-electron chi connectivity index (χ4n) is 2.04. The summed E-state index contributed by atoms with van der Waals surface area (Å²) < 4.78 is 5.66. The first kappa shape index (κ1) is 14.3. The van der Waals surface area contributed by atoms with Crippen LogP contribution in [0.25, 0.3) is 0 Å². The molecule has 0 aromatic heterocycles. The van der Waals surface area contributed by atoms with E-state index in [4.69, 9.17) is 16.3 Å². The minimum absolute atomic E-state index is 0.00600. The molecule has 19 heavy (non-hydrogen) atoms. The first-order chi connectivity index (χ1) is 9.27. The number of hydrogen-bond acceptors (Lipinski definition) is 3. The maximum Gasteiger partial charge on any atom is 0.318 e. The van der Waals surface area contributed by atoms with Crippen LogP contribution in [-0.2, 0) is 0 Å². The lowest BCUT2D eigenvalue weighted by atomic mass is 10.2. The normalized spacial score (nSPS) is 18.4. The summed E-state index contributed by atoms with van der Waals surface area (Å²) in [6.45, 7) is 1.22. The van der Waals surface area contributed by atoms with Gasteiger partial charge in [-0.15, -0.1) is 23.4 Å². The highest BCUT2D eigenvalue weighted by Crippen LogP contribution is 2.41. The van der Waals surface area contributed by atoms with E-state index in [0.717, 1.165) is 23.6 Å². The van der Waals surface area contributed by atoms with Gasteiger partial charge in [-0.25, -0.2) is 4.79 Å². The quantitative estimate of drug-likeness (QED) is 0.869. The molecule has 1 saturated heterocycles. The summed E-state index contributed by atoms with van der Waals surface area (Å²) in [6.07, 6.45) is 0. The van der Waals surface area contributed by atoms with Crippen molar-refractivity contribution < 1.29 is 9.53 Å². The predicted octanol–water partition coefficient (Wildman–Crippen LogP) is 2.69. The second kappa shape index (κ2) is 6.91. The van der Waals surface area contributed by atoms with Crippen molar-refractivity contribution in [2.75, 3.05) is 31.8 Å². The molecule has 1 atom stereocenters. The topological polar surface area (TPSA) is 41.6 Å². The Bertz CT molecular complexity index is 444. The molecule has 104 valence electrons. The molecule has 0 bridgehead atoms. The van der Waals surface area contributed by atoms with E-state index in [9.17, 15) is 4.79 Å². The number of para-hydroxylation sites is 1. The fraction of sp³-hybridized carbons (Fsp3) is 0.462. The summed E-state index contributed by atoms with van der Waals surface area (Å²) in [5.41, 5.74) is 1.03. The molecule has 2 amide bonds. The average Bonchev–Trinajstić information content (AvgIpc) is 2.93. The number of halogens is 1. The van der Waals surface area contributed by atoms with Gasteiger partial charge in [-0.3, -0.25) is 0 Å². The van der Waals surface area contributed by atoms with Crippen molar-refractivity contribution in [2.45, 2.75) is 5.37 Å². The molecule has 0 radical (unpaired) electrons. The van der Waals surface area contributed by atoms with Gasteiger partial charge in [0.05, 0.1) is 5.88 Å². The number of rotatable bonds is 4. The van der Waals surface area contributed by atoms with Crippen molar-refractivity contribution in [3.05, 3.63) is 29.8 Å². The van der Waals surface area contributed by atoms with Crippen molar-refractivity contribution in [1.29, 1.82) is 0 Å². The second-order valence-corrected chi connectivity index (χ2v) is 5.61. The summed E-state index contributed by atoms with van der Waals surface area (Å²) >= 11 is 7.41. The van der Waals surface area contributed by atoms with Gasteiger partial charge < -0.3 is 15.0 Å². The van der Waals surface area contributed by atoms with E-state index in [0.29, 0.717) is 12.5 Å². The number of carbonyl (C=O) groups is 1. The molecule has 2 rings (SSSR count). The highest BCUT2D eigenvalue weighted by Gasteiger charge is 2.31. The zero-order valence-electron chi connectivity index (χ0n) is 10.8. The molecule has 1 heterocycles. The summed E-state index contributed by atoms with van der Waals surface area (Å²) in [5.74, 6) is 2.18. The number of nitrogens with one attached hydrogen (secondary N) is 1. The number of hydrogen-bond donors (Lipinski definition) is 1. The number of benzene rings is 1. The van der Waals surface area contributed by atoms with Gasteiger partial charge in [-0.1, -0.05) is 18.2 Å². The van der Waals surface area contributed by atoms with E-state index in [1.807, 2.05) is 29.2 Å². The third-order valence-corrected chi connectivity index (χ3v) is 4.28. The van der Waals surface area contributed by atoms with Crippen LogP contribution in [0.2, 0.25) is 0 Å². The molecule has 1 N–H and O–H groups in total. The van der Waals surface area contributed by atoms with Crippen molar-refractivity contribution in [3.63, 3.8) is 0 Å². The minimum atomic E-state index is -0.0536. The van der Waals surface area contributed by atoms with Crippen molar-refractivity contribution in [2.24, 2.45) is 0 Å². The van der Waals surface area contributed by atoms with E-state index in [-0.39, 0.29) is 11.4 Å². The Kier molecular flexibility index (Phi) is 5.22. The van der Waals surface area contributed by atoms with Crippen LogP contribution in [0.5, 0.6) is 5.75 Å². The first-order valence-electron chi connectivity index (χ1n) is 6.15. The average molecular weight is 301 g/mol. The number of ether oxygens (including phenoxy) is 1. The van der Waals surface area contributed by atoms with E-state index in [1.54, 1.807) is 18.8 Å². The van der Waals surface area contributed by atoms with Gasteiger partial charge in [0.2, 0.25) is 0 Å². The lowest BCUT2D eigenvalue weighted by Crippen LogP contribution is -2.37.